The molecule has 0 bridgehead atoms. The third-order valence-corrected chi connectivity index (χ3v) is 3.66. The maximum Gasteiger partial charge on any atom is 0.311 e. The SMILES string of the molecule is Cc1nc(C2CCCN(c3ncccc3[N+](=O)[O-])C2)n[nH]1. The second-order valence-corrected chi connectivity index (χ2v) is 5.17. The maximum absolute atomic E-state index is 11.1. The van der Waals surface area contributed by atoms with Gasteiger partial charge in [-0.2, -0.15) is 5.10 Å². The molecule has 1 fully saturated rings. The Bertz CT molecular complexity index is 656. The van der Waals surface area contributed by atoms with E-state index >= 15 is 0 Å². The van der Waals surface area contributed by atoms with E-state index in [0.29, 0.717) is 12.4 Å². The van der Waals surface area contributed by atoms with Gasteiger partial charge in [0.1, 0.15) is 5.82 Å². The number of piperidine rings is 1. The van der Waals surface area contributed by atoms with Gasteiger partial charge in [-0.25, -0.2) is 9.97 Å². The zero-order chi connectivity index (χ0) is 14.8. The van der Waals surface area contributed by atoms with Crippen molar-refractivity contribution in [3.63, 3.8) is 0 Å². The second-order valence-electron chi connectivity index (χ2n) is 5.17. The molecule has 110 valence electrons. The van der Waals surface area contributed by atoms with Crippen molar-refractivity contribution in [2.24, 2.45) is 0 Å². The molecule has 8 nitrogen and oxygen atoms in total. The molecule has 8 heteroatoms. The smallest absolute Gasteiger partial charge is 0.311 e. The summed E-state index contributed by atoms with van der Waals surface area (Å²) in [4.78, 5) is 21.3. The highest BCUT2D eigenvalue weighted by atomic mass is 16.6. The third-order valence-electron chi connectivity index (χ3n) is 3.66. The van der Waals surface area contributed by atoms with Crippen LogP contribution in [0.5, 0.6) is 0 Å². The number of nitrogens with zero attached hydrogens (tertiary/aromatic N) is 5. The summed E-state index contributed by atoms with van der Waals surface area (Å²) in [7, 11) is 0. The maximum atomic E-state index is 11.1. The van der Waals surface area contributed by atoms with Crippen molar-refractivity contribution in [3.05, 3.63) is 40.1 Å². The molecule has 1 aliphatic rings. The van der Waals surface area contributed by atoms with Gasteiger partial charge in [0.15, 0.2) is 5.82 Å². The number of hydrogen-bond donors (Lipinski definition) is 1. The Hall–Kier alpha value is -2.51. The van der Waals surface area contributed by atoms with E-state index in [-0.39, 0.29) is 16.5 Å². The van der Waals surface area contributed by atoms with Gasteiger partial charge in [0.25, 0.3) is 0 Å². The first-order valence-electron chi connectivity index (χ1n) is 6.88. The molecular formula is C13H16N6O2. The van der Waals surface area contributed by atoms with Crippen LogP contribution in [-0.2, 0) is 0 Å². The molecule has 21 heavy (non-hydrogen) atoms. The molecule has 0 radical (unpaired) electrons. The van der Waals surface area contributed by atoms with E-state index in [1.54, 1.807) is 12.3 Å². The zero-order valence-corrected chi connectivity index (χ0v) is 11.7. The van der Waals surface area contributed by atoms with Gasteiger partial charge in [0.2, 0.25) is 5.82 Å². The lowest BCUT2D eigenvalue weighted by Crippen LogP contribution is -2.35. The van der Waals surface area contributed by atoms with Gasteiger partial charge in [-0.15, -0.1) is 0 Å². The minimum Gasteiger partial charge on any atom is -0.350 e. The van der Waals surface area contributed by atoms with Crippen molar-refractivity contribution in [1.29, 1.82) is 0 Å². The standard InChI is InChI=1S/C13H16N6O2/c1-9-15-12(17-16-9)10-4-3-7-18(8-10)13-11(19(20)21)5-2-6-14-13/h2,5-6,10H,3-4,7-8H2,1H3,(H,15,16,17). The van der Waals surface area contributed by atoms with E-state index in [0.717, 1.165) is 31.0 Å². The quantitative estimate of drug-likeness (QED) is 0.682. The summed E-state index contributed by atoms with van der Waals surface area (Å²) in [6.07, 6.45) is 3.50. The molecule has 0 saturated carbocycles. The van der Waals surface area contributed by atoms with Crippen LogP contribution in [0.15, 0.2) is 18.3 Å². The first-order valence-corrected chi connectivity index (χ1v) is 6.88. The highest BCUT2D eigenvalue weighted by Gasteiger charge is 2.28. The fourth-order valence-corrected chi connectivity index (χ4v) is 2.70. The number of nitrogens with one attached hydrogen (secondary N) is 1. The number of pyridine rings is 1. The van der Waals surface area contributed by atoms with Crippen LogP contribution >= 0.6 is 0 Å². The predicted octanol–water partition coefficient (Wildman–Crippen LogP) is 1.80. The molecule has 3 rings (SSSR count). The van der Waals surface area contributed by atoms with Gasteiger partial charge >= 0.3 is 5.69 Å². The molecule has 1 N–H and O–H groups in total. The van der Waals surface area contributed by atoms with E-state index in [1.807, 2.05) is 11.8 Å². The summed E-state index contributed by atoms with van der Waals surface area (Å²) >= 11 is 0. The Labute approximate surface area is 121 Å². The summed E-state index contributed by atoms with van der Waals surface area (Å²) in [6, 6.07) is 3.07. The Morgan fingerprint density at radius 3 is 3.10 bits per heavy atom. The zero-order valence-electron chi connectivity index (χ0n) is 11.7. The molecule has 0 aromatic carbocycles. The van der Waals surface area contributed by atoms with E-state index in [2.05, 4.69) is 20.2 Å². The van der Waals surface area contributed by atoms with Gasteiger partial charge < -0.3 is 4.90 Å². The van der Waals surface area contributed by atoms with Gasteiger partial charge in [-0.3, -0.25) is 15.2 Å². The van der Waals surface area contributed by atoms with Gasteiger partial charge in [-0.05, 0) is 25.8 Å². The van der Waals surface area contributed by atoms with Crippen molar-refractivity contribution in [1.82, 2.24) is 20.2 Å². The van der Waals surface area contributed by atoms with E-state index in [1.165, 1.54) is 6.07 Å². The summed E-state index contributed by atoms with van der Waals surface area (Å²) in [5.74, 6) is 2.16. The highest BCUT2D eigenvalue weighted by Crippen LogP contribution is 2.31. The normalized spacial score (nSPS) is 18.7. The largest absolute Gasteiger partial charge is 0.350 e. The molecular weight excluding hydrogens is 272 g/mol. The number of nitro groups is 1. The molecule has 0 aliphatic carbocycles. The third kappa shape index (κ3) is 2.69. The van der Waals surface area contributed by atoms with Crippen molar-refractivity contribution in [2.75, 3.05) is 18.0 Å². The minimum atomic E-state index is -0.386. The van der Waals surface area contributed by atoms with Crippen LogP contribution in [0.1, 0.15) is 30.4 Å². The molecule has 0 spiro atoms. The summed E-state index contributed by atoms with van der Waals surface area (Å²) in [5, 5.41) is 18.2. The fourth-order valence-electron chi connectivity index (χ4n) is 2.70. The average Bonchev–Trinajstić information content (AvgIpc) is 2.94. The van der Waals surface area contributed by atoms with Crippen molar-refractivity contribution < 1.29 is 4.92 Å². The number of aromatic nitrogens is 4. The number of anilines is 1. The lowest BCUT2D eigenvalue weighted by molar-refractivity contribution is -0.384. The van der Waals surface area contributed by atoms with Crippen LogP contribution in [0, 0.1) is 17.0 Å². The Balaban J connectivity index is 1.85. The molecule has 1 atom stereocenters. The van der Waals surface area contributed by atoms with Gasteiger partial charge in [0.05, 0.1) is 4.92 Å². The van der Waals surface area contributed by atoms with E-state index < -0.39 is 0 Å². The lowest BCUT2D eigenvalue weighted by atomic mass is 9.97. The first kappa shape index (κ1) is 13.5. The van der Waals surface area contributed by atoms with Crippen molar-refractivity contribution in [2.45, 2.75) is 25.7 Å². The molecule has 0 amide bonds. The molecule has 1 unspecified atom stereocenters. The average molecular weight is 288 g/mol. The van der Waals surface area contributed by atoms with Crippen LogP contribution in [0.25, 0.3) is 0 Å². The predicted molar refractivity (Wildman–Crippen MR) is 76.2 cm³/mol. The van der Waals surface area contributed by atoms with Crippen LogP contribution in [0.2, 0.25) is 0 Å². The molecule has 2 aromatic rings. The van der Waals surface area contributed by atoms with Crippen LogP contribution < -0.4 is 4.90 Å². The van der Waals surface area contributed by atoms with E-state index in [4.69, 9.17) is 0 Å². The van der Waals surface area contributed by atoms with Gasteiger partial charge in [-0.1, -0.05) is 0 Å². The first-order chi connectivity index (χ1) is 10.1. The number of aryl methyl sites for hydroxylation is 1. The van der Waals surface area contributed by atoms with E-state index in [9.17, 15) is 10.1 Å². The number of hydrogen-bond acceptors (Lipinski definition) is 6. The molecule has 2 aromatic heterocycles. The van der Waals surface area contributed by atoms with Gasteiger partial charge in [0, 0.05) is 31.3 Å². The Morgan fingerprint density at radius 1 is 1.52 bits per heavy atom. The molecule has 1 aliphatic heterocycles. The summed E-state index contributed by atoms with van der Waals surface area (Å²) < 4.78 is 0. The molecule has 1 saturated heterocycles. The summed E-state index contributed by atoms with van der Waals surface area (Å²) in [5.41, 5.74) is 0.0457. The number of aromatic amines is 1. The topological polar surface area (TPSA) is 101 Å². The summed E-state index contributed by atoms with van der Waals surface area (Å²) in [6.45, 7) is 3.27. The van der Waals surface area contributed by atoms with Crippen LogP contribution in [-0.4, -0.2) is 38.2 Å². The van der Waals surface area contributed by atoms with Crippen molar-refractivity contribution >= 4 is 11.5 Å². The highest BCUT2D eigenvalue weighted by molar-refractivity contribution is 5.57. The second kappa shape index (κ2) is 5.47. The lowest BCUT2D eigenvalue weighted by Gasteiger charge is -2.31. The van der Waals surface area contributed by atoms with Crippen LogP contribution in [0.4, 0.5) is 11.5 Å². The fraction of sp³-hybridized carbons (Fsp3) is 0.462. The monoisotopic (exact) mass is 288 g/mol. The Kier molecular flexibility index (Phi) is 3.51. The Morgan fingerprint density at radius 2 is 2.38 bits per heavy atom. The van der Waals surface area contributed by atoms with Crippen molar-refractivity contribution in [3.8, 4) is 0 Å². The minimum absolute atomic E-state index is 0.0457. The van der Waals surface area contributed by atoms with Crippen LogP contribution in [0.3, 0.4) is 0 Å². The molecule has 3 heterocycles. The number of rotatable bonds is 3. The number of H-pyrrole nitrogens is 1.